The summed E-state index contributed by atoms with van der Waals surface area (Å²) < 4.78 is 0. The van der Waals surface area contributed by atoms with Gasteiger partial charge in [-0.2, -0.15) is 0 Å². The van der Waals surface area contributed by atoms with Crippen LogP contribution in [0.2, 0.25) is 0 Å². The zero-order valence-electron chi connectivity index (χ0n) is 13.0. The number of phenols is 1. The predicted molar refractivity (Wildman–Crippen MR) is 88.6 cm³/mol. The van der Waals surface area contributed by atoms with Crippen molar-refractivity contribution in [1.82, 2.24) is 5.32 Å². The van der Waals surface area contributed by atoms with Gasteiger partial charge < -0.3 is 10.4 Å². The summed E-state index contributed by atoms with van der Waals surface area (Å²) in [5.41, 5.74) is 1.43. The van der Waals surface area contributed by atoms with Crippen molar-refractivity contribution >= 4 is 10.8 Å². The van der Waals surface area contributed by atoms with Crippen molar-refractivity contribution in [1.29, 1.82) is 0 Å². The molecule has 1 aliphatic carbocycles. The lowest BCUT2D eigenvalue weighted by Crippen LogP contribution is -2.31. The summed E-state index contributed by atoms with van der Waals surface area (Å²) in [7, 11) is 0. The van der Waals surface area contributed by atoms with Gasteiger partial charge in [0.05, 0.1) is 0 Å². The van der Waals surface area contributed by atoms with Crippen LogP contribution >= 0.6 is 0 Å². The Morgan fingerprint density at radius 1 is 1.14 bits per heavy atom. The van der Waals surface area contributed by atoms with Crippen molar-refractivity contribution in [3.63, 3.8) is 0 Å². The average molecular weight is 283 g/mol. The summed E-state index contributed by atoms with van der Waals surface area (Å²) in [6.07, 6.45) is 5.34. The van der Waals surface area contributed by atoms with Crippen molar-refractivity contribution in [2.24, 2.45) is 5.41 Å². The maximum atomic E-state index is 10.5. The van der Waals surface area contributed by atoms with E-state index in [0.717, 1.165) is 22.9 Å². The minimum atomic E-state index is 0.173. The van der Waals surface area contributed by atoms with Gasteiger partial charge >= 0.3 is 0 Å². The summed E-state index contributed by atoms with van der Waals surface area (Å²) in [4.78, 5) is 0. The molecule has 0 heterocycles. The molecule has 1 fully saturated rings. The molecule has 0 bridgehead atoms. The fourth-order valence-corrected chi connectivity index (χ4v) is 3.54. The van der Waals surface area contributed by atoms with E-state index in [0.29, 0.717) is 11.2 Å². The molecule has 2 heteroatoms. The van der Waals surface area contributed by atoms with Gasteiger partial charge in [0.25, 0.3) is 0 Å². The number of nitrogens with one attached hydrogen (secondary N) is 1. The Morgan fingerprint density at radius 2 is 1.86 bits per heavy atom. The second-order valence-electron chi connectivity index (χ2n) is 6.84. The standard InChI is InChI=1S/C19H25NO/c1-14(20-13-19(2)11-5-6-12-19)16-10-9-15-7-3-4-8-17(15)18(16)21/h3-4,7-10,14,20-21H,5-6,11-13H2,1-2H3. The summed E-state index contributed by atoms with van der Waals surface area (Å²) in [5.74, 6) is 0.421. The number of rotatable bonds is 4. The van der Waals surface area contributed by atoms with E-state index in [-0.39, 0.29) is 6.04 Å². The topological polar surface area (TPSA) is 32.3 Å². The molecule has 0 aliphatic heterocycles. The minimum Gasteiger partial charge on any atom is -0.507 e. The Hall–Kier alpha value is -1.54. The number of hydrogen-bond acceptors (Lipinski definition) is 2. The second kappa shape index (κ2) is 5.69. The Kier molecular flexibility index (Phi) is 3.90. The maximum absolute atomic E-state index is 10.5. The van der Waals surface area contributed by atoms with E-state index in [1.807, 2.05) is 30.3 Å². The highest BCUT2D eigenvalue weighted by molar-refractivity contribution is 5.89. The van der Waals surface area contributed by atoms with E-state index >= 15 is 0 Å². The average Bonchev–Trinajstić information content (AvgIpc) is 2.93. The molecule has 2 N–H and O–H groups in total. The minimum absolute atomic E-state index is 0.173. The molecular formula is C19H25NO. The fourth-order valence-electron chi connectivity index (χ4n) is 3.54. The van der Waals surface area contributed by atoms with E-state index in [2.05, 4.69) is 25.2 Å². The second-order valence-corrected chi connectivity index (χ2v) is 6.84. The van der Waals surface area contributed by atoms with Gasteiger partial charge in [0.1, 0.15) is 5.75 Å². The van der Waals surface area contributed by atoms with Crippen molar-refractivity contribution in [3.05, 3.63) is 42.0 Å². The highest BCUT2D eigenvalue weighted by atomic mass is 16.3. The van der Waals surface area contributed by atoms with E-state index in [1.54, 1.807) is 0 Å². The molecule has 1 atom stereocenters. The van der Waals surface area contributed by atoms with E-state index in [4.69, 9.17) is 0 Å². The summed E-state index contributed by atoms with van der Waals surface area (Å²) in [6, 6.07) is 12.3. The van der Waals surface area contributed by atoms with Crippen LogP contribution in [0.25, 0.3) is 10.8 Å². The molecule has 1 unspecified atom stereocenters. The smallest absolute Gasteiger partial charge is 0.128 e. The largest absolute Gasteiger partial charge is 0.507 e. The molecular weight excluding hydrogens is 258 g/mol. The normalized spacial score (nSPS) is 19.0. The number of aromatic hydroxyl groups is 1. The summed E-state index contributed by atoms with van der Waals surface area (Å²) in [6.45, 7) is 5.54. The third-order valence-corrected chi connectivity index (χ3v) is 5.04. The van der Waals surface area contributed by atoms with Crippen LogP contribution in [0.1, 0.15) is 51.1 Å². The van der Waals surface area contributed by atoms with Crippen LogP contribution in [0.4, 0.5) is 0 Å². The first-order valence-electron chi connectivity index (χ1n) is 8.03. The highest BCUT2D eigenvalue weighted by Gasteiger charge is 2.28. The molecule has 2 aromatic carbocycles. The van der Waals surface area contributed by atoms with Crippen LogP contribution in [-0.4, -0.2) is 11.7 Å². The lowest BCUT2D eigenvalue weighted by atomic mass is 9.88. The predicted octanol–water partition coefficient (Wildman–Crippen LogP) is 4.78. The lowest BCUT2D eigenvalue weighted by Gasteiger charge is -2.27. The van der Waals surface area contributed by atoms with Gasteiger partial charge in [0, 0.05) is 23.5 Å². The number of fused-ring (bicyclic) bond motifs is 1. The summed E-state index contributed by atoms with van der Waals surface area (Å²) >= 11 is 0. The van der Waals surface area contributed by atoms with Crippen LogP contribution in [0.15, 0.2) is 36.4 Å². The molecule has 0 aromatic heterocycles. The molecule has 21 heavy (non-hydrogen) atoms. The van der Waals surface area contributed by atoms with E-state index < -0.39 is 0 Å². The molecule has 2 nitrogen and oxygen atoms in total. The van der Waals surface area contributed by atoms with Gasteiger partial charge in [-0.1, -0.05) is 56.2 Å². The molecule has 0 radical (unpaired) electrons. The maximum Gasteiger partial charge on any atom is 0.128 e. The number of hydrogen-bond donors (Lipinski definition) is 2. The molecule has 2 aromatic rings. The van der Waals surface area contributed by atoms with Gasteiger partial charge in [0.2, 0.25) is 0 Å². The molecule has 0 spiro atoms. The van der Waals surface area contributed by atoms with Crippen LogP contribution in [-0.2, 0) is 0 Å². The zero-order valence-corrected chi connectivity index (χ0v) is 13.0. The first-order valence-corrected chi connectivity index (χ1v) is 8.03. The van der Waals surface area contributed by atoms with E-state index in [9.17, 15) is 5.11 Å². The Bertz CT molecular complexity index is 628. The summed E-state index contributed by atoms with van der Waals surface area (Å²) in [5, 5.41) is 16.2. The third kappa shape index (κ3) is 2.91. The van der Waals surface area contributed by atoms with Gasteiger partial charge in [-0.15, -0.1) is 0 Å². The number of benzene rings is 2. The molecule has 3 rings (SSSR count). The van der Waals surface area contributed by atoms with Gasteiger partial charge in [-0.05, 0) is 30.6 Å². The van der Waals surface area contributed by atoms with Crippen molar-refractivity contribution in [3.8, 4) is 5.75 Å². The van der Waals surface area contributed by atoms with Crippen molar-refractivity contribution in [2.45, 2.75) is 45.6 Å². The van der Waals surface area contributed by atoms with Crippen LogP contribution in [0.5, 0.6) is 5.75 Å². The Morgan fingerprint density at radius 3 is 2.62 bits per heavy atom. The third-order valence-electron chi connectivity index (χ3n) is 5.04. The highest BCUT2D eigenvalue weighted by Crippen LogP contribution is 2.38. The molecule has 0 amide bonds. The number of phenolic OH excluding ortho intramolecular Hbond substituents is 1. The van der Waals surface area contributed by atoms with Crippen LogP contribution < -0.4 is 5.32 Å². The lowest BCUT2D eigenvalue weighted by molar-refractivity contribution is 0.300. The van der Waals surface area contributed by atoms with E-state index in [1.165, 1.54) is 25.7 Å². The molecule has 0 saturated heterocycles. The van der Waals surface area contributed by atoms with Crippen LogP contribution in [0, 0.1) is 5.41 Å². The first kappa shape index (κ1) is 14.4. The van der Waals surface area contributed by atoms with Gasteiger partial charge in [-0.25, -0.2) is 0 Å². The van der Waals surface area contributed by atoms with Gasteiger partial charge in [0.15, 0.2) is 0 Å². The first-order chi connectivity index (χ1) is 10.1. The SMILES string of the molecule is CC(NCC1(C)CCCC1)c1ccc2ccccc2c1O. The quantitative estimate of drug-likeness (QED) is 0.846. The molecule has 1 saturated carbocycles. The van der Waals surface area contributed by atoms with Crippen LogP contribution in [0.3, 0.4) is 0 Å². The monoisotopic (exact) mass is 283 g/mol. The molecule has 112 valence electrons. The zero-order chi connectivity index (χ0) is 14.9. The molecule has 1 aliphatic rings. The fraction of sp³-hybridized carbons (Fsp3) is 0.474. The van der Waals surface area contributed by atoms with Crippen molar-refractivity contribution in [2.75, 3.05) is 6.54 Å². The van der Waals surface area contributed by atoms with Gasteiger partial charge in [-0.3, -0.25) is 0 Å². The Balaban J connectivity index is 1.78. The van der Waals surface area contributed by atoms with Crippen molar-refractivity contribution < 1.29 is 5.11 Å². The Labute approximate surface area is 127 Å².